The molecule has 0 unspecified atom stereocenters. The first-order chi connectivity index (χ1) is 12.5. The number of aromatic nitrogens is 3. The molecule has 0 fully saturated rings. The second kappa shape index (κ2) is 6.28. The van der Waals surface area contributed by atoms with Crippen molar-refractivity contribution in [2.75, 3.05) is 0 Å². The minimum Gasteiger partial charge on any atom is -0.478 e. The Labute approximate surface area is 154 Å². The molecule has 0 spiro atoms. The molecule has 0 saturated carbocycles. The van der Waals surface area contributed by atoms with E-state index in [2.05, 4.69) is 15.2 Å². The van der Waals surface area contributed by atoms with Gasteiger partial charge in [0.05, 0.1) is 22.3 Å². The van der Waals surface area contributed by atoms with E-state index in [-0.39, 0.29) is 5.56 Å². The largest absolute Gasteiger partial charge is 0.478 e. The highest BCUT2D eigenvalue weighted by Crippen LogP contribution is 2.32. The lowest BCUT2D eigenvalue weighted by molar-refractivity contribution is 0.0699. The maximum Gasteiger partial charge on any atom is 0.336 e. The molecule has 2 aromatic carbocycles. The van der Waals surface area contributed by atoms with Gasteiger partial charge in [-0.25, -0.2) is 9.78 Å². The molecule has 0 amide bonds. The number of H-pyrrole nitrogens is 1. The van der Waals surface area contributed by atoms with E-state index < -0.39 is 5.97 Å². The van der Waals surface area contributed by atoms with Crippen LogP contribution in [0.4, 0.5) is 0 Å². The Morgan fingerprint density at radius 2 is 1.69 bits per heavy atom. The Balaban J connectivity index is 1.94. The second-order valence-corrected chi connectivity index (χ2v) is 6.47. The molecular weight excluding hydrogens is 350 g/mol. The number of aromatic amines is 1. The van der Waals surface area contributed by atoms with Crippen molar-refractivity contribution in [3.05, 3.63) is 70.7 Å². The van der Waals surface area contributed by atoms with Crippen molar-refractivity contribution in [1.82, 2.24) is 15.2 Å². The molecule has 0 aliphatic heterocycles. The van der Waals surface area contributed by atoms with Gasteiger partial charge in [0.25, 0.3) is 0 Å². The number of carboxylic acid groups (broad SMARTS) is 1. The van der Waals surface area contributed by atoms with Crippen LogP contribution in [0.5, 0.6) is 0 Å². The molecule has 0 aliphatic rings. The first kappa shape index (κ1) is 16.3. The monoisotopic (exact) mass is 363 g/mol. The van der Waals surface area contributed by atoms with Crippen LogP contribution < -0.4 is 0 Å². The third-order valence-electron chi connectivity index (χ3n) is 4.23. The summed E-state index contributed by atoms with van der Waals surface area (Å²) in [5.74, 6) is -1.03. The zero-order valence-corrected chi connectivity index (χ0v) is 14.6. The van der Waals surface area contributed by atoms with Gasteiger partial charge in [0.1, 0.15) is 0 Å². The fraction of sp³-hybridized carbons (Fsp3) is 0.0500. The average molecular weight is 364 g/mol. The molecule has 0 atom stereocenters. The van der Waals surface area contributed by atoms with Gasteiger partial charge in [-0.3, -0.25) is 5.10 Å². The summed E-state index contributed by atoms with van der Waals surface area (Å²) in [6.45, 7) is 2.00. The number of pyridine rings is 1. The van der Waals surface area contributed by atoms with Crippen LogP contribution >= 0.6 is 11.6 Å². The number of aryl methyl sites for hydroxylation is 1. The van der Waals surface area contributed by atoms with Crippen LogP contribution in [0.15, 0.2) is 54.6 Å². The lowest BCUT2D eigenvalue weighted by Gasteiger charge is -2.06. The summed E-state index contributed by atoms with van der Waals surface area (Å²) in [6, 6.07) is 16.5. The van der Waals surface area contributed by atoms with Gasteiger partial charge in [-0.2, -0.15) is 5.10 Å². The number of nitrogens with one attached hydrogen (secondary N) is 1. The van der Waals surface area contributed by atoms with E-state index in [4.69, 9.17) is 11.6 Å². The standard InChI is InChI=1S/C20H14ClN3O2/c1-11-2-4-12(5-3-11)16-10-15(20(25)26)17-18(23-24-19(17)22-16)13-6-8-14(21)9-7-13/h2-10H,1H3,(H,25,26)(H,22,23,24). The third kappa shape index (κ3) is 2.82. The molecule has 2 aromatic heterocycles. The molecule has 2 heterocycles. The van der Waals surface area contributed by atoms with Gasteiger partial charge >= 0.3 is 5.97 Å². The molecular formula is C20H14ClN3O2. The fourth-order valence-corrected chi connectivity index (χ4v) is 3.02. The Hall–Kier alpha value is -3.18. The van der Waals surface area contributed by atoms with Crippen LogP contribution in [0.3, 0.4) is 0 Å². The quantitative estimate of drug-likeness (QED) is 0.539. The molecule has 0 aliphatic carbocycles. The summed E-state index contributed by atoms with van der Waals surface area (Å²) in [5, 5.41) is 18.0. The minimum absolute atomic E-state index is 0.157. The summed E-state index contributed by atoms with van der Waals surface area (Å²) in [4.78, 5) is 16.4. The topological polar surface area (TPSA) is 78.9 Å². The van der Waals surface area contributed by atoms with Crippen LogP contribution in [0.1, 0.15) is 15.9 Å². The molecule has 5 nitrogen and oxygen atoms in total. The fourth-order valence-electron chi connectivity index (χ4n) is 2.89. The third-order valence-corrected chi connectivity index (χ3v) is 4.49. The van der Waals surface area contributed by atoms with E-state index in [0.29, 0.717) is 27.4 Å². The first-order valence-corrected chi connectivity index (χ1v) is 8.36. The van der Waals surface area contributed by atoms with Gasteiger partial charge in [-0.05, 0) is 25.1 Å². The summed E-state index contributed by atoms with van der Waals surface area (Å²) in [5.41, 5.74) is 4.47. The van der Waals surface area contributed by atoms with E-state index >= 15 is 0 Å². The van der Waals surface area contributed by atoms with Crippen molar-refractivity contribution >= 4 is 28.6 Å². The molecule has 4 rings (SSSR count). The molecule has 2 N–H and O–H groups in total. The maximum absolute atomic E-state index is 11.9. The van der Waals surface area contributed by atoms with Crippen LogP contribution in [0, 0.1) is 6.92 Å². The zero-order chi connectivity index (χ0) is 18.3. The van der Waals surface area contributed by atoms with Crippen molar-refractivity contribution in [3.8, 4) is 22.5 Å². The normalized spacial score (nSPS) is 11.0. The van der Waals surface area contributed by atoms with E-state index in [0.717, 1.165) is 16.7 Å². The molecule has 6 heteroatoms. The van der Waals surface area contributed by atoms with Crippen molar-refractivity contribution < 1.29 is 9.90 Å². The van der Waals surface area contributed by atoms with Crippen LogP contribution in [0.2, 0.25) is 5.02 Å². The highest BCUT2D eigenvalue weighted by atomic mass is 35.5. The maximum atomic E-state index is 11.9. The number of carboxylic acids is 1. The van der Waals surface area contributed by atoms with Gasteiger partial charge in [0, 0.05) is 16.1 Å². The number of hydrogen-bond donors (Lipinski definition) is 2. The minimum atomic E-state index is -1.03. The lowest BCUT2D eigenvalue weighted by Crippen LogP contribution is -2.00. The molecule has 4 aromatic rings. The van der Waals surface area contributed by atoms with Crippen molar-refractivity contribution in [2.45, 2.75) is 6.92 Å². The van der Waals surface area contributed by atoms with Crippen LogP contribution in [-0.4, -0.2) is 26.3 Å². The van der Waals surface area contributed by atoms with E-state index in [1.165, 1.54) is 0 Å². The number of aromatic carboxylic acids is 1. The lowest BCUT2D eigenvalue weighted by atomic mass is 10.0. The second-order valence-electron chi connectivity index (χ2n) is 6.03. The van der Waals surface area contributed by atoms with Crippen molar-refractivity contribution in [1.29, 1.82) is 0 Å². The molecule has 26 heavy (non-hydrogen) atoms. The predicted octanol–water partition coefficient (Wildman–Crippen LogP) is 4.95. The molecule has 0 radical (unpaired) electrons. The summed E-state index contributed by atoms with van der Waals surface area (Å²) in [6.07, 6.45) is 0. The van der Waals surface area contributed by atoms with Gasteiger partial charge in [0.2, 0.25) is 0 Å². The van der Waals surface area contributed by atoms with Gasteiger partial charge in [-0.1, -0.05) is 53.6 Å². The van der Waals surface area contributed by atoms with E-state index in [1.807, 2.05) is 43.3 Å². The van der Waals surface area contributed by atoms with Gasteiger partial charge in [-0.15, -0.1) is 0 Å². The molecule has 128 valence electrons. The van der Waals surface area contributed by atoms with Crippen molar-refractivity contribution in [2.24, 2.45) is 0 Å². The SMILES string of the molecule is Cc1ccc(-c2cc(C(=O)O)c3c(-c4ccc(Cl)cc4)[nH]nc3n2)cc1. The average Bonchev–Trinajstić information content (AvgIpc) is 3.06. The Morgan fingerprint density at radius 1 is 1.04 bits per heavy atom. The van der Waals surface area contributed by atoms with Gasteiger partial charge in [0.15, 0.2) is 5.65 Å². The summed E-state index contributed by atoms with van der Waals surface area (Å²) >= 11 is 5.94. The number of fused-ring (bicyclic) bond motifs is 1. The van der Waals surface area contributed by atoms with Crippen molar-refractivity contribution in [3.63, 3.8) is 0 Å². The van der Waals surface area contributed by atoms with Crippen LogP contribution in [0.25, 0.3) is 33.5 Å². The highest BCUT2D eigenvalue weighted by Gasteiger charge is 2.19. The summed E-state index contributed by atoms with van der Waals surface area (Å²) in [7, 11) is 0. The number of nitrogens with zero attached hydrogens (tertiary/aromatic N) is 2. The zero-order valence-electron chi connectivity index (χ0n) is 13.8. The molecule has 0 bridgehead atoms. The van der Waals surface area contributed by atoms with E-state index in [1.54, 1.807) is 18.2 Å². The Morgan fingerprint density at radius 3 is 2.35 bits per heavy atom. The van der Waals surface area contributed by atoms with E-state index in [9.17, 15) is 9.90 Å². The summed E-state index contributed by atoms with van der Waals surface area (Å²) < 4.78 is 0. The highest BCUT2D eigenvalue weighted by molar-refractivity contribution is 6.30. The van der Waals surface area contributed by atoms with Gasteiger partial charge < -0.3 is 5.11 Å². The number of benzene rings is 2. The number of rotatable bonds is 3. The Kier molecular flexibility index (Phi) is 3.93. The predicted molar refractivity (Wildman–Crippen MR) is 101 cm³/mol. The smallest absolute Gasteiger partial charge is 0.336 e. The number of hydrogen-bond acceptors (Lipinski definition) is 3. The number of halogens is 1. The Bertz CT molecular complexity index is 1120. The molecule has 0 saturated heterocycles. The first-order valence-electron chi connectivity index (χ1n) is 7.98. The van der Waals surface area contributed by atoms with Crippen LogP contribution in [-0.2, 0) is 0 Å². The number of carbonyl (C=O) groups is 1.